The Balaban J connectivity index is 2.12. The lowest BCUT2D eigenvalue weighted by Gasteiger charge is -2.09. The molecule has 0 atom stereocenters. The predicted octanol–water partition coefficient (Wildman–Crippen LogP) is 4.89. The molecule has 1 heterocycles. The van der Waals surface area contributed by atoms with Crippen LogP contribution in [0.4, 0.5) is 0 Å². The van der Waals surface area contributed by atoms with Gasteiger partial charge in [0.2, 0.25) is 0 Å². The van der Waals surface area contributed by atoms with Crippen molar-refractivity contribution in [2.45, 2.75) is 39.7 Å². The van der Waals surface area contributed by atoms with E-state index in [4.69, 9.17) is 23.2 Å². The number of allylic oxidation sites excluding steroid dienone is 3. The van der Waals surface area contributed by atoms with Gasteiger partial charge in [0.1, 0.15) is 0 Å². The smallest absolute Gasteiger partial charge is 0.307 e. The Morgan fingerprint density at radius 1 is 1.21 bits per heavy atom. The highest BCUT2D eigenvalue weighted by atomic mass is 35.5. The molecule has 0 spiro atoms. The molecule has 6 nitrogen and oxygen atoms in total. The summed E-state index contributed by atoms with van der Waals surface area (Å²) in [7, 11) is 0. The summed E-state index contributed by atoms with van der Waals surface area (Å²) in [6.07, 6.45) is 6.57. The summed E-state index contributed by atoms with van der Waals surface area (Å²) in [6.45, 7) is 8.41. The Morgan fingerprint density at radius 2 is 1.91 bits per heavy atom. The monoisotopic (exact) mass is 489 g/mol. The molecule has 0 saturated heterocycles. The van der Waals surface area contributed by atoms with Crippen LogP contribution in [0.2, 0.25) is 0 Å². The van der Waals surface area contributed by atoms with Crippen LogP contribution in [0.1, 0.15) is 46.7 Å². The number of carbonyl (C=O) groups excluding carboxylic acids is 1. The largest absolute Gasteiger partial charge is 0.481 e. The number of benzene rings is 1. The van der Waals surface area contributed by atoms with Gasteiger partial charge in [-0.1, -0.05) is 56.3 Å². The number of carboxylic acids is 1. The van der Waals surface area contributed by atoms with Crippen molar-refractivity contribution in [1.29, 1.82) is 0 Å². The molecule has 0 unspecified atom stereocenters. The fourth-order valence-corrected chi connectivity index (χ4v) is 3.76. The SMILES string of the molecule is C=C(Cl)C=C(C=CCCl)CNC(=O)c1ccc(Cn2nc(CC)c(CC(=O)O)c2CC)cc1. The summed E-state index contributed by atoms with van der Waals surface area (Å²) in [5.41, 5.74) is 4.84. The Morgan fingerprint density at radius 3 is 2.45 bits per heavy atom. The van der Waals surface area contributed by atoms with Gasteiger partial charge in [0, 0.05) is 34.3 Å². The highest BCUT2D eigenvalue weighted by Crippen LogP contribution is 2.19. The number of aryl methyl sites for hydroxylation is 1. The molecule has 2 rings (SSSR count). The molecular weight excluding hydrogens is 461 g/mol. The Kier molecular flexibility index (Phi) is 10.4. The van der Waals surface area contributed by atoms with E-state index in [1.54, 1.807) is 30.4 Å². The van der Waals surface area contributed by atoms with Crippen molar-refractivity contribution in [2.75, 3.05) is 12.4 Å². The van der Waals surface area contributed by atoms with Crippen LogP contribution < -0.4 is 5.32 Å². The molecule has 8 heteroatoms. The number of rotatable bonds is 12. The molecule has 1 aromatic heterocycles. The molecule has 176 valence electrons. The van der Waals surface area contributed by atoms with Crippen molar-refractivity contribution >= 4 is 35.1 Å². The predicted molar refractivity (Wildman–Crippen MR) is 133 cm³/mol. The average Bonchev–Trinajstić information content (AvgIpc) is 3.10. The maximum Gasteiger partial charge on any atom is 0.307 e. The lowest BCUT2D eigenvalue weighted by Crippen LogP contribution is -2.25. The topological polar surface area (TPSA) is 84.2 Å². The first-order valence-electron chi connectivity index (χ1n) is 10.7. The van der Waals surface area contributed by atoms with Gasteiger partial charge in [-0.3, -0.25) is 14.3 Å². The van der Waals surface area contributed by atoms with E-state index < -0.39 is 5.97 Å². The average molecular weight is 490 g/mol. The summed E-state index contributed by atoms with van der Waals surface area (Å²) in [6, 6.07) is 7.28. The molecule has 0 radical (unpaired) electrons. The standard InChI is InChI=1S/C25H29Cl2N3O3/c1-4-22-21(14-24(31)32)23(5-2)30(29-22)16-18-8-10-20(11-9-18)25(33)28-15-19(7-6-12-26)13-17(3)27/h6-11,13H,3-5,12,14-16H2,1-2H3,(H,28,33)(H,31,32). The van der Waals surface area contributed by atoms with Gasteiger partial charge in [-0.05, 0) is 42.2 Å². The maximum atomic E-state index is 12.6. The number of carbonyl (C=O) groups is 2. The molecule has 2 N–H and O–H groups in total. The molecule has 2 aromatic rings. The Bertz CT molecular complexity index is 1050. The molecule has 33 heavy (non-hydrogen) atoms. The second-order valence-corrected chi connectivity index (χ2v) is 8.20. The zero-order valence-electron chi connectivity index (χ0n) is 18.9. The molecule has 0 saturated carbocycles. The first kappa shape index (κ1) is 26.4. The van der Waals surface area contributed by atoms with Crippen LogP contribution in [0.25, 0.3) is 0 Å². The van der Waals surface area contributed by atoms with Gasteiger partial charge in [-0.25, -0.2) is 0 Å². The number of alkyl halides is 1. The van der Waals surface area contributed by atoms with E-state index in [-0.39, 0.29) is 12.3 Å². The highest BCUT2D eigenvalue weighted by Gasteiger charge is 2.18. The van der Waals surface area contributed by atoms with E-state index >= 15 is 0 Å². The van der Waals surface area contributed by atoms with Crippen LogP contribution >= 0.6 is 23.2 Å². The van der Waals surface area contributed by atoms with E-state index in [1.165, 1.54) is 0 Å². The van der Waals surface area contributed by atoms with Crippen molar-refractivity contribution < 1.29 is 14.7 Å². The third-order valence-corrected chi connectivity index (χ3v) is 5.30. The van der Waals surface area contributed by atoms with Gasteiger partial charge >= 0.3 is 5.97 Å². The van der Waals surface area contributed by atoms with E-state index in [2.05, 4.69) is 17.0 Å². The van der Waals surface area contributed by atoms with Crippen molar-refractivity contribution in [2.24, 2.45) is 0 Å². The normalized spacial score (nSPS) is 11.7. The fraction of sp³-hybridized carbons (Fsp3) is 0.320. The molecular formula is C25H29Cl2N3O3. The number of halogens is 2. The third-order valence-electron chi connectivity index (χ3n) is 5.01. The highest BCUT2D eigenvalue weighted by molar-refractivity contribution is 6.30. The molecule has 1 aromatic carbocycles. The number of nitrogens with zero attached hydrogens (tertiary/aromatic N) is 2. The minimum Gasteiger partial charge on any atom is -0.481 e. The van der Waals surface area contributed by atoms with E-state index in [0.29, 0.717) is 42.4 Å². The van der Waals surface area contributed by atoms with Gasteiger partial charge in [-0.15, -0.1) is 11.6 Å². The summed E-state index contributed by atoms with van der Waals surface area (Å²) < 4.78 is 1.87. The van der Waals surface area contributed by atoms with Crippen molar-refractivity contribution in [3.8, 4) is 0 Å². The minimum absolute atomic E-state index is 0.0287. The van der Waals surface area contributed by atoms with Crippen LogP contribution in [-0.4, -0.2) is 39.2 Å². The van der Waals surface area contributed by atoms with Gasteiger partial charge < -0.3 is 10.4 Å². The van der Waals surface area contributed by atoms with E-state index in [9.17, 15) is 14.7 Å². The quantitative estimate of drug-likeness (QED) is 0.328. The molecule has 0 aliphatic heterocycles. The van der Waals surface area contributed by atoms with Gasteiger partial charge in [0.05, 0.1) is 18.7 Å². The van der Waals surface area contributed by atoms with Crippen molar-refractivity contribution in [3.05, 3.63) is 87.8 Å². The maximum absolute atomic E-state index is 12.6. The van der Waals surface area contributed by atoms with Crippen molar-refractivity contribution in [3.63, 3.8) is 0 Å². The van der Waals surface area contributed by atoms with Gasteiger partial charge in [0.25, 0.3) is 5.91 Å². The summed E-state index contributed by atoms with van der Waals surface area (Å²) in [5, 5.41) is 17.1. The lowest BCUT2D eigenvalue weighted by molar-refractivity contribution is -0.136. The van der Waals surface area contributed by atoms with E-state index in [1.807, 2.05) is 30.7 Å². The summed E-state index contributed by atoms with van der Waals surface area (Å²) in [5.74, 6) is -0.715. The zero-order chi connectivity index (χ0) is 24.4. The number of nitrogens with one attached hydrogen (secondary N) is 1. The van der Waals surface area contributed by atoms with Crippen LogP contribution in [0, 0.1) is 0 Å². The fourth-order valence-electron chi connectivity index (χ4n) is 3.53. The second-order valence-electron chi connectivity index (χ2n) is 7.41. The zero-order valence-corrected chi connectivity index (χ0v) is 20.4. The third kappa shape index (κ3) is 7.91. The molecule has 1 amide bonds. The van der Waals surface area contributed by atoms with Crippen LogP contribution in [0.15, 0.2) is 59.7 Å². The Hall–Kier alpha value is -2.83. The van der Waals surface area contributed by atoms with Gasteiger partial charge in [0.15, 0.2) is 0 Å². The van der Waals surface area contributed by atoms with Crippen LogP contribution in [-0.2, 0) is 30.6 Å². The summed E-state index contributed by atoms with van der Waals surface area (Å²) >= 11 is 11.5. The molecule has 0 aliphatic rings. The first-order chi connectivity index (χ1) is 15.8. The Labute approximate surface area is 204 Å². The molecule has 0 bridgehead atoms. The number of aromatic nitrogens is 2. The lowest BCUT2D eigenvalue weighted by atomic mass is 10.1. The summed E-state index contributed by atoms with van der Waals surface area (Å²) in [4.78, 5) is 23.8. The second kappa shape index (κ2) is 13.0. The first-order valence-corrected chi connectivity index (χ1v) is 11.6. The molecule has 0 aliphatic carbocycles. The number of hydrogen-bond donors (Lipinski definition) is 2. The van der Waals surface area contributed by atoms with E-state index in [0.717, 1.165) is 28.1 Å². The van der Waals surface area contributed by atoms with Gasteiger partial charge in [-0.2, -0.15) is 5.10 Å². The number of carboxylic acid groups (broad SMARTS) is 1. The van der Waals surface area contributed by atoms with Crippen molar-refractivity contribution in [1.82, 2.24) is 15.1 Å². The van der Waals surface area contributed by atoms with Crippen LogP contribution in [0.5, 0.6) is 0 Å². The number of hydrogen-bond acceptors (Lipinski definition) is 3. The minimum atomic E-state index is -0.860. The number of aliphatic carboxylic acids is 1. The van der Waals surface area contributed by atoms with Crippen LogP contribution in [0.3, 0.4) is 0 Å². The number of amides is 1. The molecule has 0 fully saturated rings.